The van der Waals surface area contributed by atoms with Crippen molar-refractivity contribution in [3.8, 4) is 11.5 Å². The molecular formula is C17H18N6O2. The van der Waals surface area contributed by atoms with Crippen LogP contribution in [0.3, 0.4) is 0 Å². The number of nitrogens with zero attached hydrogens (tertiary/aromatic N) is 4. The molecular weight excluding hydrogens is 320 g/mol. The van der Waals surface area contributed by atoms with Crippen LogP contribution in [-0.4, -0.2) is 39.6 Å². The van der Waals surface area contributed by atoms with Crippen molar-refractivity contribution in [1.82, 2.24) is 25.1 Å². The molecule has 2 N–H and O–H groups in total. The van der Waals surface area contributed by atoms with Crippen LogP contribution in [0.15, 0.2) is 30.7 Å². The van der Waals surface area contributed by atoms with Gasteiger partial charge >= 0.3 is 0 Å². The lowest BCUT2D eigenvalue weighted by Gasteiger charge is -2.23. The molecule has 8 heteroatoms. The Hall–Kier alpha value is -2.87. The van der Waals surface area contributed by atoms with Gasteiger partial charge in [-0.2, -0.15) is 5.10 Å². The minimum atomic E-state index is 0.263. The topological polar surface area (TPSA) is 86.1 Å². The van der Waals surface area contributed by atoms with Crippen molar-refractivity contribution < 1.29 is 9.47 Å². The predicted octanol–water partition coefficient (Wildman–Crippen LogP) is 2.22. The third kappa shape index (κ3) is 2.54. The van der Waals surface area contributed by atoms with Gasteiger partial charge in [0.2, 0.25) is 6.79 Å². The maximum absolute atomic E-state index is 5.43. The first-order valence-electron chi connectivity index (χ1n) is 8.44. The van der Waals surface area contributed by atoms with Crippen LogP contribution in [0.4, 0.5) is 11.5 Å². The highest BCUT2D eigenvalue weighted by molar-refractivity contribution is 5.88. The van der Waals surface area contributed by atoms with Gasteiger partial charge < -0.3 is 20.1 Å². The molecule has 2 aromatic heterocycles. The fourth-order valence-electron chi connectivity index (χ4n) is 3.39. The average Bonchev–Trinajstić information content (AvgIpc) is 3.29. The highest BCUT2D eigenvalue weighted by Crippen LogP contribution is 2.35. The Kier molecular flexibility index (Phi) is 3.41. The van der Waals surface area contributed by atoms with Crippen molar-refractivity contribution in [2.24, 2.45) is 0 Å². The lowest BCUT2D eigenvalue weighted by Crippen LogP contribution is -2.29. The molecule has 1 fully saturated rings. The van der Waals surface area contributed by atoms with Gasteiger partial charge in [-0.3, -0.25) is 0 Å². The third-order valence-corrected chi connectivity index (χ3v) is 4.68. The van der Waals surface area contributed by atoms with E-state index >= 15 is 0 Å². The number of hydrogen-bond acceptors (Lipinski definition) is 7. The minimum absolute atomic E-state index is 0.263. The standard InChI is InChI=1S/C17H18N6O2/c1-2-14-15(25-10-24-14)7-11(1)22-16-13-8-21-23(17(13)20-9-19-16)12-3-5-18-6-4-12/h1-2,7-9,12,18H,3-6,10H2,(H,19,20,22). The summed E-state index contributed by atoms with van der Waals surface area (Å²) >= 11 is 0. The van der Waals surface area contributed by atoms with Crippen LogP contribution < -0.4 is 20.1 Å². The summed E-state index contributed by atoms with van der Waals surface area (Å²) in [4.78, 5) is 8.85. The highest BCUT2D eigenvalue weighted by Gasteiger charge is 2.20. The molecule has 0 amide bonds. The number of piperidine rings is 1. The number of anilines is 2. The second kappa shape index (κ2) is 5.89. The van der Waals surface area contributed by atoms with E-state index in [2.05, 4.69) is 25.7 Å². The van der Waals surface area contributed by atoms with Crippen molar-refractivity contribution in [1.29, 1.82) is 0 Å². The van der Waals surface area contributed by atoms with E-state index in [1.807, 2.05) is 29.1 Å². The van der Waals surface area contributed by atoms with Crippen LogP contribution >= 0.6 is 0 Å². The van der Waals surface area contributed by atoms with E-state index in [0.29, 0.717) is 6.04 Å². The Labute approximate surface area is 144 Å². The first-order valence-corrected chi connectivity index (χ1v) is 8.44. The van der Waals surface area contributed by atoms with Crippen molar-refractivity contribution in [2.45, 2.75) is 18.9 Å². The zero-order valence-corrected chi connectivity index (χ0v) is 13.6. The van der Waals surface area contributed by atoms with Gasteiger partial charge in [0.25, 0.3) is 0 Å². The van der Waals surface area contributed by atoms with Gasteiger partial charge in [-0.05, 0) is 38.1 Å². The molecule has 4 heterocycles. The van der Waals surface area contributed by atoms with Crippen LogP contribution in [0.5, 0.6) is 11.5 Å². The number of fused-ring (bicyclic) bond motifs is 2. The van der Waals surface area contributed by atoms with Gasteiger partial charge in [0.15, 0.2) is 17.1 Å². The van der Waals surface area contributed by atoms with Crippen molar-refractivity contribution in [3.63, 3.8) is 0 Å². The summed E-state index contributed by atoms with van der Waals surface area (Å²) in [5.74, 6) is 2.24. The molecule has 0 radical (unpaired) electrons. The molecule has 1 aromatic carbocycles. The van der Waals surface area contributed by atoms with E-state index in [0.717, 1.165) is 60.0 Å². The van der Waals surface area contributed by atoms with Crippen molar-refractivity contribution in [2.75, 3.05) is 25.2 Å². The Morgan fingerprint density at radius 2 is 2.00 bits per heavy atom. The first-order chi connectivity index (χ1) is 12.4. The molecule has 0 saturated carbocycles. The molecule has 2 aliphatic rings. The number of ether oxygens (including phenoxy) is 2. The van der Waals surface area contributed by atoms with Gasteiger partial charge in [0, 0.05) is 11.8 Å². The Bertz CT molecular complexity index is 919. The fourth-order valence-corrected chi connectivity index (χ4v) is 3.39. The van der Waals surface area contributed by atoms with Crippen LogP contribution in [0.2, 0.25) is 0 Å². The summed E-state index contributed by atoms with van der Waals surface area (Å²) in [6.07, 6.45) is 5.54. The molecule has 0 bridgehead atoms. The molecule has 0 spiro atoms. The van der Waals surface area contributed by atoms with Gasteiger partial charge in [0.05, 0.1) is 17.6 Å². The monoisotopic (exact) mass is 338 g/mol. The number of benzene rings is 1. The van der Waals surface area contributed by atoms with Gasteiger partial charge in [0.1, 0.15) is 12.1 Å². The van der Waals surface area contributed by atoms with Crippen molar-refractivity contribution >= 4 is 22.5 Å². The molecule has 2 aliphatic heterocycles. The number of aromatic nitrogens is 4. The van der Waals surface area contributed by atoms with E-state index < -0.39 is 0 Å². The second-order valence-corrected chi connectivity index (χ2v) is 6.22. The first kappa shape index (κ1) is 14.5. The van der Waals surface area contributed by atoms with E-state index in [4.69, 9.17) is 9.47 Å². The summed E-state index contributed by atoms with van der Waals surface area (Å²) < 4.78 is 12.8. The molecule has 0 atom stereocenters. The summed E-state index contributed by atoms with van der Waals surface area (Å²) in [6.45, 7) is 2.29. The third-order valence-electron chi connectivity index (χ3n) is 4.68. The highest BCUT2D eigenvalue weighted by atomic mass is 16.7. The molecule has 0 aliphatic carbocycles. The fraction of sp³-hybridized carbons (Fsp3) is 0.353. The average molecular weight is 338 g/mol. The lowest BCUT2D eigenvalue weighted by atomic mass is 10.1. The Morgan fingerprint density at radius 3 is 2.92 bits per heavy atom. The number of nitrogens with one attached hydrogen (secondary N) is 2. The van der Waals surface area contributed by atoms with Crippen molar-refractivity contribution in [3.05, 3.63) is 30.7 Å². The molecule has 128 valence electrons. The number of rotatable bonds is 3. The summed E-state index contributed by atoms with van der Waals surface area (Å²) in [5, 5.41) is 12.2. The quantitative estimate of drug-likeness (QED) is 0.757. The largest absolute Gasteiger partial charge is 0.454 e. The Morgan fingerprint density at radius 1 is 1.12 bits per heavy atom. The van der Waals surface area contributed by atoms with E-state index in [9.17, 15) is 0 Å². The predicted molar refractivity (Wildman–Crippen MR) is 92.3 cm³/mol. The summed E-state index contributed by atoms with van der Waals surface area (Å²) in [7, 11) is 0. The lowest BCUT2D eigenvalue weighted by molar-refractivity contribution is 0.174. The Balaban J connectivity index is 1.48. The molecule has 0 unspecified atom stereocenters. The van der Waals surface area contributed by atoms with Gasteiger partial charge in [-0.1, -0.05) is 0 Å². The zero-order valence-electron chi connectivity index (χ0n) is 13.6. The zero-order chi connectivity index (χ0) is 16.6. The molecule has 3 aromatic rings. The van der Waals surface area contributed by atoms with Gasteiger partial charge in [-0.15, -0.1) is 0 Å². The van der Waals surface area contributed by atoms with Gasteiger partial charge in [-0.25, -0.2) is 14.6 Å². The maximum Gasteiger partial charge on any atom is 0.231 e. The molecule has 8 nitrogen and oxygen atoms in total. The van der Waals surface area contributed by atoms with Crippen LogP contribution in [-0.2, 0) is 0 Å². The van der Waals surface area contributed by atoms with Crippen LogP contribution in [0.25, 0.3) is 11.0 Å². The van der Waals surface area contributed by atoms with Crippen LogP contribution in [0, 0.1) is 0 Å². The molecule has 25 heavy (non-hydrogen) atoms. The van der Waals surface area contributed by atoms with E-state index in [-0.39, 0.29) is 6.79 Å². The normalized spacial score (nSPS) is 17.1. The molecule has 5 rings (SSSR count). The smallest absolute Gasteiger partial charge is 0.231 e. The van der Waals surface area contributed by atoms with E-state index in [1.54, 1.807) is 6.33 Å². The van der Waals surface area contributed by atoms with Crippen LogP contribution in [0.1, 0.15) is 18.9 Å². The maximum atomic E-state index is 5.43. The summed E-state index contributed by atoms with van der Waals surface area (Å²) in [5.41, 5.74) is 1.75. The SMILES string of the molecule is c1nc(Nc2ccc3c(c2)OCO3)c2cnn(C3CCNCC3)c2n1. The minimum Gasteiger partial charge on any atom is -0.454 e. The molecule has 1 saturated heterocycles. The second-order valence-electron chi connectivity index (χ2n) is 6.22. The number of hydrogen-bond donors (Lipinski definition) is 2. The summed E-state index contributed by atoms with van der Waals surface area (Å²) in [6, 6.07) is 6.13. The van der Waals surface area contributed by atoms with E-state index in [1.165, 1.54) is 0 Å².